The van der Waals surface area contributed by atoms with E-state index in [0.29, 0.717) is 4.47 Å². The highest BCUT2D eigenvalue weighted by Gasteiger charge is 2.19. The summed E-state index contributed by atoms with van der Waals surface area (Å²) in [6, 6.07) is 6.73. The Morgan fingerprint density at radius 2 is 2.24 bits per heavy atom. The van der Waals surface area contributed by atoms with Gasteiger partial charge in [0.1, 0.15) is 5.75 Å². The van der Waals surface area contributed by atoms with Crippen LogP contribution in [0.5, 0.6) is 5.75 Å². The van der Waals surface area contributed by atoms with Crippen molar-refractivity contribution >= 4 is 21.8 Å². The summed E-state index contributed by atoms with van der Waals surface area (Å²) in [4.78, 5) is 11.7. The van der Waals surface area contributed by atoms with Crippen LogP contribution in [0.2, 0.25) is 0 Å². The smallest absolute Gasteiger partial charge is 0.255 e. The number of phenolic OH excluding ortho intramolecular Hbond substituents is 1. The van der Waals surface area contributed by atoms with Gasteiger partial charge in [-0.05, 0) is 32.0 Å². The molecule has 0 fully saturated rings. The number of nitrogens with one attached hydrogen (secondary N) is 1. The molecular formula is C12H13BrN2O2. The third-order valence-electron chi connectivity index (χ3n) is 2.20. The third-order valence-corrected chi connectivity index (χ3v) is 2.69. The van der Waals surface area contributed by atoms with Crippen molar-refractivity contribution in [3.05, 3.63) is 28.2 Å². The summed E-state index contributed by atoms with van der Waals surface area (Å²) in [5, 5.41) is 21.0. The first-order valence-corrected chi connectivity index (χ1v) is 5.83. The number of carbonyl (C=O) groups excluding carboxylic acids is 1. The molecule has 0 heterocycles. The van der Waals surface area contributed by atoms with Crippen LogP contribution in [0.3, 0.4) is 0 Å². The number of hydrogen-bond donors (Lipinski definition) is 2. The van der Waals surface area contributed by atoms with Crippen LogP contribution in [-0.2, 0) is 0 Å². The second-order valence-electron chi connectivity index (χ2n) is 4.34. The number of halogens is 1. The van der Waals surface area contributed by atoms with E-state index in [1.807, 2.05) is 0 Å². The molecule has 0 unspecified atom stereocenters. The van der Waals surface area contributed by atoms with E-state index in [4.69, 9.17) is 5.26 Å². The predicted octanol–water partition coefficient (Wildman–Crippen LogP) is 2.43. The van der Waals surface area contributed by atoms with Crippen molar-refractivity contribution < 1.29 is 9.90 Å². The maximum Gasteiger partial charge on any atom is 0.255 e. The molecule has 90 valence electrons. The predicted molar refractivity (Wildman–Crippen MR) is 67.5 cm³/mol. The average molecular weight is 297 g/mol. The lowest BCUT2D eigenvalue weighted by molar-refractivity contribution is 0.0941. The normalized spacial score (nSPS) is 10.7. The maximum absolute atomic E-state index is 11.7. The van der Waals surface area contributed by atoms with Gasteiger partial charge >= 0.3 is 0 Å². The Hall–Kier alpha value is -1.54. The first kappa shape index (κ1) is 13.5. The van der Waals surface area contributed by atoms with Crippen LogP contribution < -0.4 is 5.32 Å². The maximum atomic E-state index is 11.7. The van der Waals surface area contributed by atoms with Gasteiger partial charge in [0.2, 0.25) is 0 Å². The molecule has 1 rings (SSSR count). The summed E-state index contributed by atoms with van der Waals surface area (Å²) in [6.45, 7) is 3.70. The zero-order valence-electron chi connectivity index (χ0n) is 9.62. The van der Waals surface area contributed by atoms with Crippen molar-refractivity contribution in [2.45, 2.75) is 13.8 Å². The van der Waals surface area contributed by atoms with E-state index in [-0.39, 0.29) is 17.9 Å². The van der Waals surface area contributed by atoms with Crippen LogP contribution in [0.25, 0.3) is 0 Å². The van der Waals surface area contributed by atoms with Crippen LogP contribution in [0.15, 0.2) is 22.7 Å². The van der Waals surface area contributed by atoms with Crippen molar-refractivity contribution in [1.82, 2.24) is 5.32 Å². The second-order valence-corrected chi connectivity index (χ2v) is 5.26. The Morgan fingerprint density at radius 1 is 1.59 bits per heavy atom. The van der Waals surface area contributed by atoms with Gasteiger partial charge in [-0.1, -0.05) is 15.9 Å². The molecule has 1 aromatic rings. The van der Waals surface area contributed by atoms with Crippen LogP contribution in [0, 0.1) is 16.7 Å². The molecule has 0 atom stereocenters. The topological polar surface area (TPSA) is 73.1 Å². The van der Waals surface area contributed by atoms with Gasteiger partial charge in [0, 0.05) is 11.0 Å². The zero-order valence-corrected chi connectivity index (χ0v) is 11.2. The van der Waals surface area contributed by atoms with Gasteiger partial charge in [0.05, 0.1) is 17.0 Å². The molecular weight excluding hydrogens is 284 g/mol. The quantitative estimate of drug-likeness (QED) is 0.900. The number of hydrogen-bond acceptors (Lipinski definition) is 3. The molecule has 1 amide bonds. The Balaban J connectivity index is 2.75. The summed E-state index contributed by atoms with van der Waals surface area (Å²) in [6.07, 6.45) is 0. The lowest BCUT2D eigenvalue weighted by Gasteiger charge is -2.16. The lowest BCUT2D eigenvalue weighted by Crippen LogP contribution is -2.33. The molecule has 5 heteroatoms. The highest BCUT2D eigenvalue weighted by molar-refractivity contribution is 9.10. The van der Waals surface area contributed by atoms with E-state index in [1.165, 1.54) is 12.1 Å². The molecule has 0 bridgehead atoms. The Labute approximate surface area is 108 Å². The fourth-order valence-corrected chi connectivity index (χ4v) is 1.48. The minimum absolute atomic E-state index is 0.0911. The fourth-order valence-electron chi connectivity index (χ4n) is 1.13. The number of nitrogens with zero attached hydrogens (tertiary/aromatic N) is 1. The molecule has 1 aromatic carbocycles. The van der Waals surface area contributed by atoms with Gasteiger partial charge in [-0.2, -0.15) is 5.26 Å². The molecule has 0 aromatic heterocycles. The Bertz CT molecular complexity index is 478. The summed E-state index contributed by atoms with van der Waals surface area (Å²) in [5.74, 6) is -0.482. The van der Waals surface area contributed by atoms with Gasteiger partial charge in [-0.3, -0.25) is 4.79 Å². The van der Waals surface area contributed by atoms with Gasteiger partial charge < -0.3 is 10.4 Å². The second kappa shape index (κ2) is 5.19. The largest absolute Gasteiger partial charge is 0.507 e. The number of carbonyl (C=O) groups is 1. The van der Waals surface area contributed by atoms with Crippen LogP contribution >= 0.6 is 15.9 Å². The van der Waals surface area contributed by atoms with E-state index in [0.717, 1.165) is 0 Å². The van der Waals surface area contributed by atoms with Crippen molar-refractivity contribution in [1.29, 1.82) is 5.26 Å². The van der Waals surface area contributed by atoms with Crippen molar-refractivity contribution in [3.63, 3.8) is 0 Å². The molecule has 0 radical (unpaired) electrons. The molecule has 4 nitrogen and oxygen atoms in total. The molecule has 0 saturated heterocycles. The Kier molecular flexibility index (Phi) is 4.13. The number of rotatable bonds is 3. The molecule has 0 aliphatic heterocycles. The number of amides is 1. The standard InChI is InChI=1S/C12H13BrN2O2/c1-12(2,6-14)7-15-11(17)9-4-3-8(13)5-10(9)16/h3-5,16H,7H2,1-2H3,(H,15,17). The van der Waals surface area contributed by atoms with Gasteiger partial charge in [-0.25, -0.2) is 0 Å². The lowest BCUT2D eigenvalue weighted by atomic mass is 9.96. The van der Waals surface area contributed by atoms with E-state index in [1.54, 1.807) is 19.9 Å². The number of benzene rings is 1. The van der Waals surface area contributed by atoms with Gasteiger partial charge in [-0.15, -0.1) is 0 Å². The highest BCUT2D eigenvalue weighted by Crippen LogP contribution is 2.22. The summed E-state index contributed by atoms with van der Waals surface area (Å²) < 4.78 is 0.698. The van der Waals surface area contributed by atoms with Crippen molar-refractivity contribution in [2.75, 3.05) is 6.54 Å². The highest BCUT2D eigenvalue weighted by atomic mass is 79.9. The molecule has 2 N–H and O–H groups in total. The summed E-state index contributed by atoms with van der Waals surface area (Å²) >= 11 is 3.19. The molecule has 0 spiro atoms. The zero-order chi connectivity index (χ0) is 13.1. The van der Waals surface area contributed by atoms with Gasteiger partial charge in [0.15, 0.2) is 0 Å². The SMILES string of the molecule is CC(C)(C#N)CNC(=O)c1ccc(Br)cc1O. The molecule has 0 saturated carbocycles. The molecule has 17 heavy (non-hydrogen) atoms. The average Bonchev–Trinajstić information content (AvgIpc) is 2.26. The minimum atomic E-state index is -0.624. The van der Waals surface area contributed by atoms with Crippen molar-refractivity contribution in [3.8, 4) is 11.8 Å². The van der Waals surface area contributed by atoms with Crippen LogP contribution in [-0.4, -0.2) is 17.6 Å². The number of nitriles is 1. The minimum Gasteiger partial charge on any atom is -0.507 e. The molecule has 0 aliphatic carbocycles. The first-order chi connectivity index (χ1) is 7.85. The fraction of sp³-hybridized carbons (Fsp3) is 0.333. The summed E-state index contributed by atoms with van der Waals surface area (Å²) in [7, 11) is 0. The van der Waals surface area contributed by atoms with E-state index in [2.05, 4.69) is 27.3 Å². The number of aromatic hydroxyl groups is 1. The monoisotopic (exact) mass is 296 g/mol. The summed E-state index contributed by atoms with van der Waals surface area (Å²) in [5.41, 5.74) is -0.428. The van der Waals surface area contributed by atoms with Crippen LogP contribution in [0.4, 0.5) is 0 Å². The number of phenols is 1. The molecule has 0 aliphatic rings. The van der Waals surface area contributed by atoms with E-state index < -0.39 is 11.3 Å². The van der Waals surface area contributed by atoms with Gasteiger partial charge in [0.25, 0.3) is 5.91 Å². The Morgan fingerprint density at radius 3 is 2.76 bits per heavy atom. The third kappa shape index (κ3) is 3.75. The van der Waals surface area contributed by atoms with E-state index in [9.17, 15) is 9.90 Å². The first-order valence-electron chi connectivity index (χ1n) is 5.04. The van der Waals surface area contributed by atoms with Crippen molar-refractivity contribution in [2.24, 2.45) is 5.41 Å². The van der Waals surface area contributed by atoms with E-state index >= 15 is 0 Å². The van der Waals surface area contributed by atoms with Crippen LogP contribution in [0.1, 0.15) is 24.2 Å².